The second-order valence-electron chi connectivity index (χ2n) is 8.64. The Morgan fingerprint density at radius 1 is 1.07 bits per heavy atom. The normalized spacial score (nSPS) is 23.9. The van der Waals surface area contributed by atoms with Gasteiger partial charge in [0.1, 0.15) is 11.9 Å². The van der Waals surface area contributed by atoms with Gasteiger partial charge >= 0.3 is 0 Å². The average molecular weight is 401 g/mol. The van der Waals surface area contributed by atoms with E-state index in [1.807, 2.05) is 49.9 Å². The molecule has 2 atom stereocenters. The summed E-state index contributed by atoms with van der Waals surface area (Å²) in [7, 11) is 0. The van der Waals surface area contributed by atoms with Crippen molar-refractivity contribution in [3.63, 3.8) is 0 Å². The number of hydrogen-bond acceptors (Lipinski definition) is 3. The van der Waals surface area contributed by atoms with Gasteiger partial charge in [-0.1, -0.05) is 32.4 Å². The third kappa shape index (κ3) is 5.12. The summed E-state index contributed by atoms with van der Waals surface area (Å²) in [6.45, 7) is 8.21. The van der Waals surface area contributed by atoms with E-state index in [1.54, 1.807) is 0 Å². The van der Waals surface area contributed by atoms with E-state index in [4.69, 9.17) is 4.74 Å². The minimum atomic E-state index is -0.0590. The van der Waals surface area contributed by atoms with Gasteiger partial charge < -0.3 is 14.5 Å². The number of ether oxygens (including phenoxy) is 1. The summed E-state index contributed by atoms with van der Waals surface area (Å²) >= 11 is 0. The van der Waals surface area contributed by atoms with Crippen LogP contribution in [0.5, 0.6) is 5.75 Å². The van der Waals surface area contributed by atoms with E-state index in [1.165, 1.54) is 0 Å². The molecule has 1 aromatic carbocycles. The molecular formula is C24H36N2O3. The maximum Gasteiger partial charge on any atom is 0.257 e. The first kappa shape index (κ1) is 21.7. The molecule has 0 aromatic heterocycles. The van der Waals surface area contributed by atoms with Crippen molar-refractivity contribution in [3.8, 4) is 5.75 Å². The van der Waals surface area contributed by atoms with Crippen molar-refractivity contribution < 1.29 is 14.3 Å². The lowest BCUT2D eigenvalue weighted by Gasteiger charge is -2.41. The third-order valence-electron chi connectivity index (χ3n) is 6.24. The van der Waals surface area contributed by atoms with Gasteiger partial charge in [-0.3, -0.25) is 9.59 Å². The molecule has 1 fully saturated rings. The summed E-state index contributed by atoms with van der Waals surface area (Å²) in [5.41, 5.74) is 0.639. The fraction of sp³-hybridized carbons (Fsp3) is 0.667. The van der Waals surface area contributed by atoms with E-state index in [2.05, 4.69) is 4.90 Å². The highest BCUT2D eigenvalue weighted by molar-refractivity contribution is 5.97. The molecule has 29 heavy (non-hydrogen) atoms. The first-order chi connectivity index (χ1) is 14.0. The molecule has 0 spiro atoms. The van der Waals surface area contributed by atoms with Crippen LogP contribution in [0.25, 0.3) is 0 Å². The highest BCUT2D eigenvalue weighted by atomic mass is 16.5. The zero-order chi connectivity index (χ0) is 20.8. The molecule has 2 amide bonds. The first-order valence-electron chi connectivity index (χ1n) is 11.4. The molecule has 1 heterocycles. The van der Waals surface area contributed by atoms with Crippen LogP contribution < -0.4 is 4.74 Å². The largest absolute Gasteiger partial charge is 0.487 e. The van der Waals surface area contributed by atoms with Gasteiger partial charge in [0.2, 0.25) is 5.91 Å². The van der Waals surface area contributed by atoms with Gasteiger partial charge in [-0.25, -0.2) is 0 Å². The van der Waals surface area contributed by atoms with Gasteiger partial charge in [-0.15, -0.1) is 0 Å². The van der Waals surface area contributed by atoms with Gasteiger partial charge in [-0.05, 0) is 57.6 Å². The number of nitrogens with zero attached hydrogens (tertiary/aromatic N) is 2. The van der Waals surface area contributed by atoms with Gasteiger partial charge in [-0.2, -0.15) is 0 Å². The fourth-order valence-corrected chi connectivity index (χ4v) is 4.59. The van der Waals surface area contributed by atoms with Gasteiger partial charge in [0.25, 0.3) is 5.91 Å². The third-order valence-corrected chi connectivity index (χ3v) is 6.24. The Hall–Kier alpha value is -2.04. The number of hydrogen-bond donors (Lipinski definition) is 0. The van der Waals surface area contributed by atoms with E-state index in [9.17, 15) is 9.59 Å². The number of fused-ring (bicyclic) bond motifs is 2. The minimum Gasteiger partial charge on any atom is -0.487 e. The highest BCUT2D eigenvalue weighted by Crippen LogP contribution is 2.31. The number of carbonyl (C=O) groups excluding carboxylic acids is 2. The van der Waals surface area contributed by atoms with E-state index in [0.717, 1.165) is 58.0 Å². The number of para-hydroxylation sites is 1. The number of benzene rings is 1. The van der Waals surface area contributed by atoms with Crippen molar-refractivity contribution in [1.82, 2.24) is 9.80 Å². The van der Waals surface area contributed by atoms with Crippen molar-refractivity contribution in [3.05, 3.63) is 29.8 Å². The standard InChI is InChI=1S/C24H36N2O3/c1-4-25-16-10-5-11-17-26(23(27)18(2)3)20-13-7-9-15-22(20)29-21-14-8-6-12-19(21)24(25)28/h6,8,12,14,18,20,22H,4-5,7,9-11,13,15-17H2,1-3H3/t20-,22+/m1/s1. The second-order valence-corrected chi connectivity index (χ2v) is 8.64. The lowest BCUT2D eigenvalue weighted by atomic mass is 9.90. The van der Waals surface area contributed by atoms with Crippen LogP contribution in [0.1, 0.15) is 76.1 Å². The van der Waals surface area contributed by atoms with Gasteiger partial charge in [0.05, 0.1) is 11.6 Å². The Kier molecular flexibility index (Phi) is 7.57. The summed E-state index contributed by atoms with van der Waals surface area (Å²) in [5, 5.41) is 0. The molecule has 5 heteroatoms. The Morgan fingerprint density at radius 2 is 1.79 bits per heavy atom. The molecule has 3 rings (SSSR count). The topological polar surface area (TPSA) is 49.9 Å². The molecule has 1 aliphatic heterocycles. The van der Waals surface area contributed by atoms with Crippen molar-refractivity contribution in [2.45, 2.75) is 77.9 Å². The summed E-state index contributed by atoms with van der Waals surface area (Å²) in [4.78, 5) is 30.2. The summed E-state index contributed by atoms with van der Waals surface area (Å²) < 4.78 is 6.50. The Bertz CT molecular complexity index is 703. The van der Waals surface area contributed by atoms with Crippen LogP contribution in [0.3, 0.4) is 0 Å². The zero-order valence-electron chi connectivity index (χ0n) is 18.2. The monoisotopic (exact) mass is 400 g/mol. The summed E-state index contributed by atoms with van der Waals surface area (Å²) in [5.74, 6) is 0.909. The van der Waals surface area contributed by atoms with E-state index < -0.39 is 0 Å². The van der Waals surface area contributed by atoms with Crippen molar-refractivity contribution in [2.24, 2.45) is 5.92 Å². The lowest BCUT2D eigenvalue weighted by molar-refractivity contribution is -0.140. The molecule has 160 valence electrons. The predicted octanol–water partition coefficient (Wildman–Crippen LogP) is 4.51. The Labute approximate surface area is 175 Å². The molecule has 1 aromatic rings. The molecule has 5 nitrogen and oxygen atoms in total. The van der Waals surface area contributed by atoms with Crippen molar-refractivity contribution >= 4 is 11.8 Å². The first-order valence-corrected chi connectivity index (χ1v) is 11.4. The molecule has 1 saturated carbocycles. The minimum absolute atomic E-state index is 0.0160. The Balaban J connectivity index is 1.96. The van der Waals surface area contributed by atoms with Crippen molar-refractivity contribution in [2.75, 3.05) is 19.6 Å². The zero-order valence-corrected chi connectivity index (χ0v) is 18.2. The van der Waals surface area contributed by atoms with Crippen LogP contribution in [0.15, 0.2) is 24.3 Å². The van der Waals surface area contributed by atoms with E-state index >= 15 is 0 Å². The molecule has 2 aliphatic rings. The van der Waals surface area contributed by atoms with Crippen LogP contribution in [-0.4, -0.2) is 53.4 Å². The van der Waals surface area contributed by atoms with Crippen LogP contribution in [0.2, 0.25) is 0 Å². The fourth-order valence-electron chi connectivity index (χ4n) is 4.59. The summed E-state index contributed by atoms with van der Waals surface area (Å²) in [6.07, 6.45) is 7.01. The van der Waals surface area contributed by atoms with Crippen LogP contribution >= 0.6 is 0 Å². The predicted molar refractivity (Wildman–Crippen MR) is 115 cm³/mol. The molecule has 0 unspecified atom stereocenters. The van der Waals surface area contributed by atoms with Crippen LogP contribution in [0.4, 0.5) is 0 Å². The average Bonchev–Trinajstić information content (AvgIpc) is 2.74. The molecule has 1 aliphatic carbocycles. The molecular weight excluding hydrogens is 364 g/mol. The smallest absolute Gasteiger partial charge is 0.257 e. The number of carbonyl (C=O) groups is 2. The summed E-state index contributed by atoms with van der Waals surface area (Å²) in [6, 6.07) is 7.69. The molecule has 0 bridgehead atoms. The maximum absolute atomic E-state index is 13.2. The van der Waals surface area contributed by atoms with Gasteiger partial charge in [0, 0.05) is 25.6 Å². The maximum atomic E-state index is 13.2. The Morgan fingerprint density at radius 3 is 2.55 bits per heavy atom. The SMILES string of the molecule is CCN1CCCCCN(C(=O)C(C)C)[C@@H]2CCCC[C@@H]2Oc2ccccc2C1=O. The second kappa shape index (κ2) is 10.1. The molecule has 0 radical (unpaired) electrons. The van der Waals surface area contributed by atoms with Crippen molar-refractivity contribution in [1.29, 1.82) is 0 Å². The van der Waals surface area contributed by atoms with Gasteiger partial charge in [0.15, 0.2) is 0 Å². The number of rotatable bonds is 2. The number of amides is 2. The molecule has 0 saturated heterocycles. The molecule has 0 N–H and O–H groups in total. The highest BCUT2D eigenvalue weighted by Gasteiger charge is 2.35. The van der Waals surface area contributed by atoms with Crippen LogP contribution in [-0.2, 0) is 4.79 Å². The lowest BCUT2D eigenvalue weighted by Crippen LogP contribution is -2.52. The quantitative estimate of drug-likeness (QED) is 0.734. The van der Waals surface area contributed by atoms with E-state index in [-0.39, 0.29) is 29.9 Å². The van der Waals surface area contributed by atoms with Crippen LogP contribution in [0, 0.1) is 5.92 Å². The van der Waals surface area contributed by atoms with E-state index in [0.29, 0.717) is 17.9 Å².